The predicted octanol–water partition coefficient (Wildman–Crippen LogP) is 3.14. The van der Waals surface area contributed by atoms with Gasteiger partial charge in [-0.1, -0.05) is 18.2 Å². The number of carbonyl (C=O) groups excluding carboxylic acids is 1. The number of hydrogen-bond acceptors (Lipinski definition) is 4. The fraction of sp³-hybridized carbons (Fsp3) is 0.429. The fourth-order valence-corrected chi connectivity index (χ4v) is 3.42. The number of benzene rings is 1. The molecule has 2 heterocycles. The molecule has 0 bridgehead atoms. The molecule has 0 saturated carbocycles. The van der Waals surface area contributed by atoms with Crippen molar-refractivity contribution in [3.8, 4) is 0 Å². The maximum absolute atomic E-state index is 12.9. The molecule has 138 valence electrons. The second-order valence-electron chi connectivity index (χ2n) is 6.82. The summed E-state index contributed by atoms with van der Waals surface area (Å²) in [5, 5.41) is 0. The van der Waals surface area contributed by atoms with E-state index in [0.29, 0.717) is 12.2 Å². The van der Waals surface area contributed by atoms with E-state index in [0.717, 1.165) is 12.2 Å². The van der Waals surface area contributed by atoms with Crippen LogP contribution >= 0.6 is 0 Å². The number of amides is 1. The molecule has 5 heteroatoms. The second-order valence-corrected chi connectivity index (χ2v) is 6.82. The molecule has 0 radical (unpaired) electrons. The van der Waals surface area contributed by atoms with E-state index in [4.69, 9.17) is 4.74 Å². The van der Waals surface area contributed by atoms with E-state index in [9.17, 15) is 4.79 Å². The Morgan fingerprint density at radius 2 is 1.92 bits per heavy atom. The normalized spacial score (nSPS) is 15.8. The zero-order valence-corrected chi connectivity index (χ0v) is 15.6. The molecular weight excluding hydrogens is 326 g/mol. The second kappa shape index (κ2) is 8.92. The molecule has 1 aromatic heterocycles. The van der Waals surface area contributed by atoms with Gasteiger partial charge in [0.05, 0.1) is 18.3 Å². The number of carbonyl (C=O) groups is 1. The van der Waals surface area contributed by atoms with E-state index < -0.39 is 0 Å². The largest absolute Gasteiger partial charge is 0.382 e. The molecule has 2 aromatic rings. The van der Waals surface area contributed by atoms with Gasteiger partial charge in [0.2, 0.25) is 0 Å². The van der Waals surface area contributed by atoms with Gasteiger partial charge in [-0.25, -0.2) is 0 Å². The zero-order valence-electron chi connectivity index (χ0n) is 15.6. The highest BCUT2D eigenvalue weighted by molar-refractivity contribution is 5.94. The Labute approximate surface area is 155 Å². The lowest BCUT2D eigenvalue weighted by molar-refractivity contribution is 0.0595. The summed E-state index contributed by atoms with van der Waals surface area (Å²) in [5.74, 6) is -0.0228. The Morgan fingerprint density at radius 3 is 2.54 bits per heavy atom. The molecule has 3 rings (SSSR count). The van der Waals surface area contributed by atoms with Crippen LogP contribution in [0.15, 0.2) is 48.7 Å². The van der Waals surface area contributed by atoms with E-state index in [1.807, 2.05) is 30.3 Å². The molecule has 1 atom stereocenters. The Bertz CT molecular complexity index is 697. The van der Waals surface area contributed by atoms with Gasteiger partial charge >= 0.3 is 0 Å². The number of aromatic nitrogens is 1. The maximum Gasteiger partial charge on any atom is 0.254 e. The first-order valence-electron chi connectivity index (χ1n) is 9.17. The highest BCUT2D eigenvalue weighted by atomic mass is 16.5. The Morgan fingerprint density at radius 1 is 1.19 bits per heavy atom. The highest BCUT2D eigenvalue weighted by Crippen LogP contribution is 2.20. The van der Waals surface area contributed by atoms with E-state index in [1.165, 1.54) is 31.5 Å². The minimum absolute atomic E-state index is 0.0228. The molecule has 0 unspecified atom stereocenters. The molecule has 5 nitrogen and oxygen atoms in total. The minimum Gasteiger partial charge on any atom is -0.382 e. The number of methoxy groups -OCH3 is 1. The van der Waals surface area contributed by atoms with Crippen LogP contribution in [0.1, 0.15) is 40.5 Å². The first-order chi connectivity index (χ1) is 12.7. The summed E-state index contributed by atoms with van der Waals surface area (Å²) >= 11 is 0. The van der Waals surface area contributed by atoms with Crippen molar-refractivity contribution in [2.75, 3.05) is 33.9 Å². The van der Waals surface area contributed by atoms with Crippen LogP contribution in [0.3, 0.4) is 0 Å². The molecular formula is C21H27N3O2. The van der Waals surface area contributed by atoms with Gasteiger partial charge in [-0.3, -0.25) is 14.7 Å². The van der Waals surface area contributed by atoms with Crippen LogP contribution in [0, 0.1) is 0 Å². The third-order valence-electron chi connectivity index (χ3n) is 4.95. The Hall–Kier alpha value is -2.24. The summed E-state index contributed by atoms with van der Waals surface area (Å²) in [6.07, 6.45) is 4.31. The van der Waals surface area contributed by atoms with Crippen LogP contribution < -0.4 is 0 Å². The maximum atomic E-state index is 12.9. The zero-order chi connectivity index (χ0) is 18.4. The van der Waals surface area contributed by atoms with E-state index in [1.54, 1.807) is 25.3 Å². The number of likely N-dealkylation sites (N-methyl/N-ethyl adjacent to an activating group) is 1. The van der Waals surface area contributed by atoms with E-state index >= 15 is 0 Å². The average Bonchev–Trinajstić information content (AvgIpc) is 3.19. The van der Waals surface area contributed by atoms with Gasteiger partial charge in [0.25, 0.3) is 5.91 Å². The molecule has 1 aliphatic heterocycles. The molecule has 1 saturated heterocycles. The van der Waals surface area contributed by atoms with Crippen molar-refractivity contribution >= 4 is 5.91 Å². The molecule has 1 fully saturated rings. The van der Waals surface area contributed by atoms with E-state index in [2.05, 4.69) is 22.0 Å². The summed E-state index contributed by atoms with van der Waals surface area (Å²) < 4.78 is 5.32. The SMILES string of the molecule is COC[C@@H](c1ccccn1)N(C)C(=O)c1ccc(CN2CCCC2)cc1. The minimum atomic E-state index is -0.210. The lowest BCUT2D eigenvalue weighted by Crippen LogP contribution is -2.34. The third kappa shape index (κ3) is 4.48. The molecule has 0 N–H and O–H groups in total. The van der Waals surface area contributed by atoms with Crippen molar-refractivity contribution in [3.05, 3.63) is 65.5 Å². The van der Waals surface area contributed by atoms with Crippen LogP contribution in [0.4, 0.5) is 0 Å². The van der Waals surface area contributed by atoms with Crippen LogP contribution in [0.25, 0.3) is 0 Å². The van der Waals surface area contributed by atoms with Gasteiger partial charge in [-0.2, -0.15) is 0 Å². The first-order valence-corrected chi connectivity index (χ1v) is 9.17. The first kappa shape index (κ1) is 18.5. The van der Waals surface area contributed by atoms with Crippen molar-refractivity contribution in [2.45, 2.75) is 25.4 Å². The van der Waals surface area contributed by atoms with Crippen molar-refractivity contribution < 1.29 is 9.53 Å². The van der Waals surface area contributed by atoms with Gasteiger partial charge in [0, 0.05) is 32.5 Å². The van der Waals surface area contributed by atoms with Crippen LogP contribution in [0.5, 0.6) is 0 Å². The summed E-state index contributed by atoms with van der Waals surface area (Å²) in [6.45, 7) is 3.72. The Kier molecular flexibility index (Phi) is 6.36. The molecule has 1 aromatic carbocycles. The highest BCUT2D eigenvalue weighted by Gasteiger charge is 2.23. The molecule has 26 heavy (non-hydrogen) atoms. The number of pyridine rings is 1. The standard InChI is InChI=1S/C21H27N3O2/c1-23(20(16-26-2)19-7-3-4-12-22-19)21(25)18-10-8-17(9-11-18)15-24-13-5-6-14-24/h3-4,7-12,20H,5-6,13-16H2,1-2H3/t20-/m0/s1. The topological polar surface area (TPSA) is 45.7 Å². The van der Waals surface area contributed by atoms with Gasteiger partial charge in [0.1, 0.15) is 0 Å². The molecule has 1 aliphatic rings. The number of ether oxygens (including phenoxy) is 1. The van der Waals surface area contributed by atoms with Crippen molar-refractivity contribution in [3.63, 3.8) is 0 Å². The molecule has 0 aliphatic carbocycles. The van der Waals surface area contributed by atoms with Crippen molar-refractivity contribution in [1.29, 1.82) is 0 Å². The smallest absolute Gasteiger partial charge is 0.254 e. The summed E-state index contributed by atoms with van der Waals surface area (Å²) in [4.78, 5) is 21.5. The lowest BCUT2D eigenvalue weighted by Gasteiger charge is -2.27. The fourth-order valence-electron chi connectivity index (χ4n) is 3.42. The summed E-state index contributed by atoms with van der Waals surface area (Å²) in [7, 11) is 3.44. The summed E-state index contributed by atoms with van der Waals surface area (Å²) in [6, 6.07) is 13.5. The van der Waals surface area contributed by atoms with Crippen LogP contribution in [-0.2, 0) is 11.3 Å². The van der Waals surface area contributed by atoms with Gasteiger partial charge in [0.15, 0.2) is 0 Å². The predicted molar refractivity (Wildman–Crippen MR) is 102 cm³/mol. The monoisotopic (exact) mass is 353 g/mol. The average molecular weight is 353 g/mol. The third-order valence-corrected chi connectivity index (χ3v) is 4.95. The molecule has 1 amide bonds. The number of rotatable bonds is 7. The number of likely N-dealkylation sites (tertiary alicyclic amines) is 1. The summed E-state index contributed by atoms with van der Waals surface area (Å²) in [5.41, 5.74) is 2.77. The quantitative estimate of drug-likeness (QED) is 0.767. The van der Waals surface area contributed by atoms with E-state index in [-0.39, 0.29) is 11.9 Å². The van der Waals surface area contributed by atoms with Crippen LogP contribution in [-0.4, -0.2) is 54.5 Å². The van der Waals surface area contributed by atoms with Crippen molar-refractivity contribution in [2.24, 2.45) is 0 Å². The number of hydrogen-bond donors (Lipinski definition) is 0. The van der Waals surface area contributed by atoms with Gasteiger partial charge in [-0.15, -0.1) is 0 Å². The lowest BCUT2D eigenvalue weighted by atomic mass is 10.1. The Balaban J connectivity index is 1.70. The molecule has 0 spiro atoms. The van der Waals surface area contributed by atoms with Gasteiger partial charge in [-0.05, 0) is 55.8 Å². The van der Waals surface area contributed by atoms with Crippen molar-refractivity contribution in [1.82, 2.24) is 14.8 Å². The van der Waals surface area contributed by atoms with Gasteiger partial charge < -0.3 is 9.64 Å². The number of nitrogens with zero attached hydrogens (tertiary/aromatic N) is 3. The van der Waals surface area contributed by atoms with Crippen LogP contribution in [0.2, 0.25) is 0 Å².